The Hall–Kier alpha value is -2.01. The van der Waals surface area contributed by atoms with Gasteiger partial charge in [0.05, 0.1) is 12.7 Å². The number of aliphatic hydroxyl groups excluding tert-OH is 1. The summed E-state index contributed by atoms with van der Waals surface area (Å²) in [5, 5.41) is 14.1. The van der Waals surface area contributed by atoms with E-state index in [1.807, 2.05) is 0 Å². The summed E-state index contributed by atoms with van der Waals surface area (Å²) in [5.74, 6) is 0.421. The predicted octanol–water partition coefficient (Wildman–Crippen LogP) is 0.0314. The van der Waals surface area contributed by atoms with Crippen molar-refractivity contribution in [2.45, 2.75) is 6.35 Å². The Morgan fingerprint density at radius 1 is 1.31 bits per heavy atom. The van der Waals surface area contributed by atoms with E-state index >= 15 is 0 Å². The molecule has 1 heterocycles. The summed E-state index contributed by atoms with van der Waals surface area (Å²) in [6.45, 7) is 0. The molecule has 0 bridgehead atoms. The highest BCUT2D eigenvalue weighted by atomic mass is 16.5. The molecule has 1 aliphatic rings. The molecule has 1 amide bonds. The molecule has 1 atom stereocenters. The topological polar surface area (TPSA) is 70.6 Å². The molecule has 0 radical (unpaired) electrons. The third-order valence-corrected chi connectivity index (χ3v) is 2.30. The van der Waals surface area contributed by atoms with Crippen molar-refractivity contribution in [3.05, 3.63) is 36.0 Å². The van der Waals surface area contributed by atoms with Gasteiger partial charge in [0, 0.05) is 6.20 Å². The van der Waals surface area contributed by atoms with Gasteiger partial charge in [0.2, 0.25) is 6.35 Å². The smallest absolute Gasteiger partial charge is 0.256 e. The van der Waals surface area contributed by atoms with Gasteiger partial charge in [0.1, 0.15) is 5.75 Å². The van der Waals surface area contributed by atoms with Crippen LogP contribution in [0.25, 0.3) is 5.57 Å². The van der Waals surface area contributed by atoms with Crippen molar-refractivity contribution in [1.29, 1.82) is 0 Å². The van der Waals surface area contributed by atoms with Crippen molar-refractivity contribution in [2.75, 3.05) is 7.11 Å². The van der Waals surface area contributed by atoms with Crippen molar-refractivity contribution in [3.8, 4) is 5.75 Å². The third kappa shape index (κ3) is 1.99. The molecule has 16 heavy (non-hydrogen) atoms. The summed E-state index contributed by atoms with van der Waals surface area (Å²) in [7, 11) is 1.58. The first-order chi connectivity index (χ1) is 7.70. The number of carbonyl (C=O) groups is 1. The number of methoxy groups -OCH3 is 1. The summed E-state index contributed by atoms with van der Waals surface area (Å²) >= 11 is 0. The molecule has 5 nitrogen and oxygen atoms in total. The van der Waals surface area contributed by atoms with Gasteiger partial charge in [0.15, 0.2) is 0 Å². The molecule has 0 saturated carbocycles. The first-order valence-electron chi connectivity index (χ1n) is 4.80. The highest BCUT2D eigenvalue weighted by molar-refractivity contribution is 6.20. The SMILES string of the molecule is COc1ccc(C2=CNC(O)NC2=O)cc1. The minimum atomic E-state index is -1.02. The summed E-state index contributed by atoms with van der Waals surface area (Å²) in [6, 6.07) is 7.11. The Balaban J connectivity index is 2.26. The molecule has 0 spiro atoms. The van der Waals surface area contributed by atoms with E-state index < -0.39 is 6.35 Å². The summed E-state index contributed by atoms with van der Waals surface area (Å²) in [4.78, 5) is 11.5. The fraction of sp³-hybridized carbons (Fsp3) is 0.182. The van der Waals surface area contributed by atoms with Crippen molar-refractivity contribution in [3.63, 3.8) is 0 Å². The quantitative estimate of drug-likeness (QED) is 0.657. The van der Waals surface area contributed by atoms with Crippen molar-refractivity contribution in [1.82, 2.24) is 10.6 Å². The Labute approximate surface area is 92.7 Å². The summed E-state index contributed by atoms with van der Waals surface area (Å²) < 4.78 is 5.02. The Morgan fingerprint density at radius 3 is 2.56 bits per heavy atom. The van der Waals surface area contributed by atoms with Crippen LogP contribution in [0.3, 0.4) is 0 Å². The molecular formula is C11H12N2O3. The minimum Gasteiger partial charge on any atom is -0.497 e. The van der Waals surface area contributed by atoms with Gasteiger partial charge in [-0.05, 0) is 17.7 Å². The molecule has 3 N–H and O–H groups in total. The molecule has 0 aromatic heterocycles. The van der Waals surface area contributed by atoms with E-state index in [-0.39, 0.29) is 5.91 Å². The fourth-order valence-corrected chi connectivity index (χ4v) is 1.46. The van der Waals surface area contributed by atoms with Crippen LogP contribution in [0.4, 0.5) is 0 Å². The molecule has 2 rings (SSSR count). The summed E-state index contributed by atoms with van der Waals surface area (Å²) in [6.07, 6.45) is 0.472. The van der Waals surface area contributed by atoms with Crippen molar-refractivity contribution < 1.29 is 14.6 Å². The van der Waals surface area contributed by atoms with E-state index in [9.17, 15) is 4.79 Å². The van der Waals surface area contributed by atoms with Crippen LogP contribution in [-0.4, -0.2) is 24.5 Å². The third-order valence-electron chi connectivity index (χ3n) is 2.30. The lowest BCUT2D eigenvalue weighted by Gasteiger charge is -2.20. The van der Waals surface area contributed by atoms with Crippen molar-refractivity contribution >= 4 is 11.5 Å². The Morgan fingerprint density at radius 2 is 2.00 bits per heavy atom. The number of rotatable bonds is 2. The van der Waals surface area contributed by atoms with Crippen LogP contribution < -0.4 is 15.4 Å². The maximum Gasteiger partial charge on any atom is 0.256 e. The van der Waals surface area contributed by atoms with E-state index in [0.29, 0.717) is 5.57 Å². The van der Waals surface area contributed by atoms with Gasteiger partial charge in [-0.3, -0.25) is 4.79 Å². The largest absolute Gasteiger partial charge is 0.497 e. The van der Waals surface area contributed by atoms with Gasteiger partial charge in [-0.15, -0.1) is 0 Å². The second-order valence-corrected chi connectivity index (χ2v) is 3.33. The number of carbonyl (C=O) groups excluding carboxylic acids is 1. The molecule has 5 heteroatoms. The first kappa shape index (κ1) is 10.5. The average molecular weight is 220 g/mol. The highest BCUT2D eigenvalue weighted by Gasteiger charge is 2.19. The molecule has 1 unspecified atom stereocenters. The Kier molecular flexibility index (Phi) is 2.78. The van der Waals surface area contributed by atoms with Gasteiger partial charge in [-0.25, -0.2) is 0 Å². The van der Waals surface area contributed by atoms with Gasteiger partial charge >= 0.3 is 0 Å². The van der Waals surface area contributed by atoms with Crippen LogP contribution in [0.5, 0.6) is 5.75 Å². The standard InChI is InChI=1S/C11H12N2O3/c1-16-8-4-2-7(3-5-8)9-6-12-11(15)13-10(9)14/h2-6,11-12,15H,1H3,(H,13,14). The van der Waals surface area contributed by atoms with Crippen LogP contribution >= 0.6 is 0 Å². The maximum atomic E-state index is 11.5. The zero-order chi connectivity index (χ0) is 11.5. The van der Waals surface area contributed by atoms with E-state index in [2.05, 4.69) is 10.6 Å². The summed E-state index contributed by atoms with van der Waals surface area (Å²) in [5.41, 5.74) is 1.24. The van der Waals surface area contributed by atoms with Crippen LogP contribution in [-0.2, 0) is 4.79 Å². The molecule has 0 saturated heterocycles. The molecule has 0 aliphatic carbocycles. The second kappa shape index (κ2) is 4.24. The number of ether oxygens (including phenoxy) is 1. The lowest BCUT2D eigenvalue weighted by Crippen LogP contribution is -2.47. The lowest BCUT2D eigenvalue weighted by molar-refractivity contribution is -0.119. The van der Waals surface area contributed by atoms with Crippen LogP contribution in [0.15, 0.2) is 30.5 Å². The molecule has 1 aromatic rings. The number of aliphatic hydroxyl groups is 1. The van der Waals surface area contributed by atoms with Gasteiger partial charge in [-0.1, -0.05) is 12.1 Å². The highest BCUT2D eigenvalue weighted by Crippen LogP contribution is 2.19. The average Bonchev–Trinajstić information content (AvgIpc) is 2.29. The maximum absolute atomic E-state index is 11.5. The van der Waals surface area contributed by atoms with Crippen LogP contribution in [0.2, 0.25) is 0 Å². The minimum absolute atomic E-state index is 0.309. The van der Waals surface area contributed by atoms with E-state index in [1.54, 1.807) is 31.4 Å². The van der Waals surface area contributed by atoms with Crippen LogP contribution in [0, 0.1) is 0 Å². The second-order valence-electron chi connectivity index (χ2n) is 3.33. The normalized spacial score (nSPS) is 19.5. The number of nitrogens with one attached hydrogen (secondary N) is 2. The number of hydrogen-bond donors (Lipinski definition) is 3. The molecular weight excluding hydrogens is 208 g/mol. The van der Waals surface area contributed by atoms with Gasteiger partial charge < -0.3 is 20.5 Å². The molecule has 0 fully saturated rings. The fourth-order valence-electron chi connectivity index (χ4n) is 1.46. The van der Waals surface area contributed by atoms with Gasteiger partial charge in [-0.2, -0.15) is 0 Å². The van der Waals surface area contributed by atoms with Crippen LogP contribution in [0.1, 0.15) is 5.56 Å². The molecule has 1 aromatic carbocycles. The Bertz CT molecular complexity index is 425. The monoisotopic (exact) mass is 220 g/mol. The predicted molar refractivity (Wildman–Crippen MR) is 58.3 cm³/mol. The van der Waals surface area contributed by atoms with E-state index in [4.69, 9.17) is 9.84 Å². The molecule has 84 valence electrons. The van der Waals surface area contributed by atoms with Crippen molar-refractivity contribution in [2.24, 2.45) is 0 Å². The lowest BCUT2D eigenvalue weighted by atomic mass is 10.1. The van der Waals surface area contributed by atoms with E-state index in [1.165, 1.54) is 6.20 Å². The van der Waals surface area contributed by atoms with Gasteiger partial charge in [0.25, 0.3) is 5.91 Å². The first-order valence-corrected chi connectivity index (χ1v) is 4.80. The number of benzene rings is 1. The zero-order valence-electron chi connectivity index (χ0n) is 8.73. The zero-order valence-corrected chi connectivity index (χ0v) is 8.73. The molecule has 1 aliphatic heterocycles. The number of hydrogen-bond acceptors (Lipinski definition) is 4. The number of amides is 1. The van der Waals surface area contributed by atoms with E-state index in [0.717, 1.165) is 11.3 Å².